The van der Waals surface area contributed by atoms with Crippen molar-refractivity contribution < 1.29 is 19.8 Å². The van der Waals surface area contributed by atoms with E-state index < -0.39 is 17.4 Å². The van der Waals surface area contributed by atoms with Gasteiger partial charge in [-0.1, -0.05) is 37.5 Å². The summed E-state index contributed by atoms with van der Waals surface area (Å²) in [4.78, 5) is 22.9. The maximum Gasteiger partial charge on any atom is 0.335 e. The molecule has 0 bridgehead atoms. The Kier molecular flexibility index (Phi) is 3.36. The van der Waals surface area contributed by atoms with Gasteiger partial charge in [-0.3, -0.25) is 4.79 Å². The standard InChI is InChI=1S/C14H16O4/c15-12(16)10-6-2-3-7-11(10)14(13(17)18)8-4-1-5-9-14/h2-3,6-7H,1,4-5,8-9H2,(H,15,16)(H,17,18). The largest absolute Gasteiger partial charge is 0.481 e. The van der Waals surface area contributed by atoms with Gasteiger partial charge in [0, 0.05) is 0 Å². The third-order valence-electron chi connectivity index (χ3n) is 3.79. The third-order valence-corrected chi connectivity index (χ3v) is 3.79. The van der Waals surface area contributed by atoms with Crippen LogP contribution in [0.15, 0.2) is 24.3 Å². The number of aliphatic carboxylic acids is 1. The van der Waals surface area contributed by atoms with E-state index >= 15 is 0 Å². The minimum Gasteiger partial charge on any atom is -0.481 e. The SMILES string of the molecule is O=C(O)c1ccccc1C1(C(=O)O)CCCCC1. The van der Waals surface area contributed by atoms with Crippen molar-refractivity contribution in [1.29, 1.82) is 0 Å². The zero-order valence-electron chi connectivity index (χ0n) is 10.1. The van der Waals surface area contributed by atoms with Gasteiger partial charge in [0.1, 0.15) is 0 Å². The highest BCUT2D eigenvalue weighted by Gasteiger charge is 2.43. The molecule has 1 aromatic rings. The van der Waals surface area contributed by atoms with E-state index in [2.05, 4.69) is 0 Å². The number of hydrogen-bond acceptors (Lipinski definition) is 2. The highest BCUT2D eigenvalue weighted by atomic mass is 16.4. The Labute approximate surface area is 105 Å². The molecule has 1 saturated carbocycles. The van der Waals surface area contributed by atoms with E-state index in [1.165, 1.54) is 6.07 Å². The molecule has 0 spiro atoms. The van der Waals surface area contributed by atoms with Crippen molar-refractivity contribution in [3.8, 4) is 0 Å². The van der Waals surface area contributed by atoms with Crippen molar-refractivity contribution >= 4 is 11.9 Å². The van der Waals surface area contributed by atoms with Crippen LogP contribution in [0.2, 0.25) is 0 Å². The monoisotopic (exact) mass is 248 g/mol. The minimum atomic E-state index is -1.06. The summed E-state index contributed by atoms with van der Waals surface area (Å²) in [6, 6.07) is 6.46. The second-order valence-electron chi connectivity index (χ2n) is 4.80. The first-order chi connectivity index (χ1) is 8.58. The van der Waals surface area contributed by atoms with Crippen LogP contribution in [0.3, 0.4) is 0 Å². The molecule has 0 unspecified atom stereocenters. The van der Waals surface area contributed by atoms with E-state index in [0.29, 0.717) is 18.4 Å². The Bertz CT molecular complexity index is 472. The lowest BCUT2D eigenvalue weighted by molar-refractivity contribution is -0.145. The van der Waals surface area contributed by atoms with Crippen molar-refractivity contribution in [2.45, 2.75) is 37.5 Å². The third kappa shape index (κ3) is 1.98. The van der Waals surface area contributed by atoms with Crippen molar-refractivity contribution in [2.75, 3.05) is 0 Å². The normalized spacial score (nSPS) is 18.2. The molecule has 18 heavy (non-hydrogen) atoms. The summed E-state index contributed by atoms with van der Waals surface area (Å²) in [5.41, 5.74) is -0.459. The summed E-state index contributed by atoms with van der Waals surface area (Å²) in [5.74, 6) is -1.97. The first kappa shape index (κ1) is 12.6. The summed E-state index contributed by atoms with van der Waals surface area (Å²) in [6.07, 6.45) is 3.73. The molecule has 0 aromatic heterocycles. The second-order valence-corrected chi connectivity index (χ2v) is 4.80. The molecule has 1 aliphatic carbocycles. The van der Waals surface area contributed by atoms with Gasteiger partial charge in [-0.15, -0.1) is 0 Å². The summed E-state index contributed by atoms with van der Waals surface area (Å²) < 4.78 is 0. The van der Waals surface area contributed by atoms with E-state index in [1.807, 2.05) is 0 Å². The summed E-state index contributed by atoms with van der Waals surface area (Å²) in [5, 5.41) is 18.8. The Morgan fingerprint density at radius 3 is 2.17 bits per heavy atom. The number of hydrogen-bond donors (Lipinski definition) is 2. The highest BCUT2D eigenvalue weighted by Crippen LogP contribution is 2.41. The molecule has 1 fully saturated rings. The predicted molar refractivity (Wildman–Crippen MR) is 65.8 cm³/mol. The quantitative estimate of drug-likeness (QED) is 0.862. The number of aromatic carboxylic acids is 1. The van der Waals surface area contributed by atoms with E-state index in [0.717, 1.165) is 19.3 Å². The molecular weight excluding hydrogens is 232 g/mol. The molecule has 4 nitrogen and oxygen atoms in total. The average Bonchev–Trinajstić information content (AvgIpc) is 2.39. The van der Waals surface area contributed by atoms with Gasteiger partial charge in [-0.25, -0.2) is 4.79 Å². The van der Waals surface area contributed by atoms with E-state index in [9.17, 15) is 19.8 Å². The van der Waals surface area contributed by atoms with Crippen LogP contribution in [-0.4, -0.2) is 22.2 Å². The van der Waals surface area contributed by atoms with Gasteiger partial charge in [-0.05, 0) is 24.5 Å². The van der Waals surface area contributed by atoms with Gasteiger partial charge < -0.3 is 10.2 Å². The van der Waals surface area contributed by atoms with Gasteiger partial charge in [0.25, 0.3) is 0 Å². The van der Waals surface area contributed by atoms with E-state index in [-0.39, 0.29) is 5.56 Å². The maximum absolute atomic E-state index is 11.7. The van der Waals surface area contributed by atoms with Crippen LogP contribution in [0.25, 0.3) is 0 Å². The van der Waals surface area contributed by atoms with Gasteiger partial charge in [0.15, 0.2) is 0 Å². The lowest BCUT2D eigenvalue weighted by Gasteiger charge is -2.34. The van der Waals surface area contributed by atoms with Crippen molar-refractivity contribution in [2.24, 2.45) is 0 Å². The van der Waals surface area contributed by atoms with Crippen molar-refractivity contribution in [3.05, 3.63) is 35.4 Å². The van der Waals surface area contributed by atoms with Gasteiger partial charge in [0.2, 0.25) is 0 Å². The molecule has 0 atom stereocenters. The fourth-order valence-electron chi connectivity index (χ4n) is 2.84. The van der Waals surface area contributed by atoms with Crippen LogP contribution in [0, 0.1) is 0 Å². The topological polar surface area (TPSA) is 74.6 Å². The molecule has 4 heteroatoms. The first-order valence-corrected chi connectivity index (χ1v) is 6.14. The van der Waals surface area contributed by atoms with E-state index in [1.54, 1.807) is 18.2 Å². The molecule has 2 N–H and O–H groups in total. The smallest absolute Gasteiger partial charge is 0.335 e. The molecule has 96 valence electrons. The molecule has 0 radical (unpaired) electrons. The van der Waals surface area contributed by atoms with Gasteiger partial charge in [-0.2, -0.15) is 0 Å². The van der Waals surface area contributed by atoms with Gasteiger partial charge >= 0.3 is 11.9 Å². The second kappa shape index (κ2) is 4.80. The molecule has 0 amide bonds. The molecule has 0 heterocycles. The Morgan fingerprint density at radius 2 is 1.61 bits per heavy atom. The Morgan fingerprint density at radius 1 is 1.00 bits per heavy atom. The van der Waals surface area contributed by atoms with Crippen LogP contribution in [0.1, 0.15) is 48.0 Å². The van der Waals surface area contributed by atoms with E-state index in [4.69, 9.17) is 0 Å². The Balaban J connectivity index is 2.55. The fraction of sp³-hybridized carbons (Fsp3) is 0.429. The Hall–Kier alpha value is -1.84. The highest BCUT2D eigenvalue weighted by molar-refractivity contribution is 5.93. The van der Waals surface area contributed by atoms with Crippen molar-refractivity contribution in [3.63, 3.8) is 0 Å². The van der Waals surface area contributed by atoms with Crippen molar-refractivity contribution in [1.82, 2.24) is 0 Å². The molecule has 0 saturated heterocycles. The number of carboxylic acids is 2. The first-order valence-electron chi connectivity index (χ1n) is 6.14. The van der Waals surface area contributed by atoms with Crippen LogP contribution in [-0.2, 0) is 10.2 Å². The van der Waals surface area contributed by atoms with Gasteiger partial charge in [0.05, 0.1) is 11.0 Å². The summed E-state index contributed by atoms with van der Waals surface area (Å²) in [6.45, 7) is 0. The predicted octanol–water partition coefficient (Wildman–Crippen LogP) is 2.67. The van der Waals surface area contributed by atoms with Crippen LogP contribution in [0.5, 0.6) is 0 Å². The van der Waals surface area contributed by atoms with Crippen LogP contribution < -0.4 is 0 Å². The molecule has 2 rings (SSSR count). The number of benzene rings is 1. The maximum atomic E-state index is 11.7. The lowest BCUT2D eigenvalue weighted by atomic mass is 9.68. The molecule has 0 aliphatic heterocycles. The zero-order chi connectivity index (χ0) is 13.2. The molecular formula is C14H16O4. The number of carboxylic acid groups (broad SMARTS) is 2. The van der Waals surface area contributed by atoms with Crippen LogP contribution in [0.4, 0.5) is 0 Å². The molecule has 1 aliphatic rings. The average molecular weight is 248 g/mol. The van der Waals surface area contributed by atoms with Crippen LogP contribution >= 0.6 is 0 Å². The molecule has 1 aromatic carbocycles. The zero-order valence-corrected chi connectivity index (χ0v) is 10.1. The summed E-state index contributed by atoms with van der Waals surface area (Å²) >= 11 is 0. The summed E-state index contributed by atoms with van der Waals surface area (Å²) in [7, 11) is 0. The lowest BCUT2D eigenvalue weighted by Crippen LogP contribution is -2.39. The number of rotatable bonds is 3. The number of carbonyl (C=O) groups is 2. The minimum absolute atomic E-state index is 0.113. The fourth-order valence-corrected chi connectivity index (χ4v) is 2.84.